The first-order valence-corrected chi connectivity index (χ1v) is 7.76. The van der Waals surface area contributed by atoms with Crippen LogP contribution in [0, 0.1) is 0 Å². The SMILES string of the molecule is CC(c1ccc(Cl)cc1Cl)n1c(N)nc2cc(Br)cnc21. The molecule has 21 heavy (non-hydrogen) atoms. The van der Waals surface area contributed by atoms with Crippen LogP contribution in [-0.2, 0) is 0 Å². The Morgan fingerprint density at radius 2 is 2.05 bits per heavy atom. The molecule has 1 unspecified atom stereocenters. The number of nitrogens with zero attached hydrogens (tertiary/aromatic N) is 3. The Hall–Kier alpha value is -1.30. The Kier molecular flexibility index (Phi) is 3.82. The van der Waals surface area contributed by atoms with Gasteiger partial charge in [-0.15, -0.1) is 0 Å². The van der Waals surface area contributed by atoms with Crippen LogP contribution in [-0.4, -0.2) is 14.5 Å². The van der Waals surface area contributed by atoms with Crippen molar-refractivity contribution in [2.45, 2.75) is 13.0 Å². The van der Waals surface area contributed by atoms with Crippen molar-refractivity contribution < 1.29 is 0 Å². The quantitative estimate of drug-likeness (QED) is 0.695. The number of anilines is 1. The van der Waals surface area contributed by atoms with Gasteiger partial charge in [-0.3, -0.25) is 4.57 Å². The van der Waals surface area contributed by atoms with Gasteiger partial charge in [-0.05, 0) is 46.6 Å². The lowest BCUT2D eigenvalue weighted by atomic mass is 10.1. The van der Waals surface area contributed by atoms with Crippen LogP contribution in [0.25, 0.3) is 11.2 Å². The Balaban J connectivity index is 2.17. The first kappa shape index (κ1) is 14.6. The molecule has 2 heterocycles. The predicted octanol–water partition coefficient (Wildman–Crippen LogP) is 4.69. The highest BCUT2D eigenvalue weighted by molar-refractivity contribution is 9.10. The number of rotatable bonds is 2. The third kappa shape index (κ3) is 2.61. The standard InChI is InChI=1S/C14H11BrCl2N4/c1-7(10-3-2-9(16)5-11(10)17)21-13-12(20-14(21)18)4-8(15)6-19-13/h2-7H,1H3,(H2,18,20). The molecule has 0 amide bonds. The van der Waals surface area contributed by atoms with Gasteiger partial charge < -0.3 is 5.73 Å². The van der Waals surface area contributed by atoms with E-state index in [-0.39, 0.29) is 6.04 Å². The van der Waals surface area contributed by atoms with E-state index in [1.807, 2.05) is 23.6 Å². The maximum Gasteiger partial charge on any atom is 0.203 e. The minimum absolute atomic E-state index is 0.103. The molecular weight excluding hydrogens is 375 g/mol. The molecule has 0 bridgehead atoms. The minimum Gasteiger partial charge on any atom is -0.369 e. The molecule has 4 nitrogen and oxygen atoms in total. The lowest BCUT2D eigenvalue weighted by Gasteiger charge is -2.17. The first-order valence-electron chi connectivity index (χ1n) is 6.21. The molecule has 0 radical (unpaired) electrons. The van der Waals surface area contributed by atoms with E-state index in [1.165, 1.54) is 0 Å². The fraction of sp³-hybridized carbons (Fsp3) is 0.143. The number of imidazole rings is 1. The summed E-state index contributed by atoms with van der Waals surface area (Å²) in [5, 5.41) is 1.19. The third-order valence-electron chi connectivity index (χ3n) is 3.32. The molecule has 0 aliphatic rings. The van der Waals surface area contributed by atoms with Gasteiger partial charge in [-0.1, -0.05) is 29.3 Å². The van der Waals surface area contributed by atoms with E-state index >= 15 is 0 Å². The Morgan fingerprint density at radius 1 is 1.29 bits per heavy atom. The third-order valence-corrected chi connectivity index (χ3v) is 4.32. The molecular formula is C14H11BrCl2N4. The topological polar surface area (TPSA) is 56.7 Å². The summed E-state index contributed by atoms with van der Waals surface area (Å²) in [5.41, 5.74) is 8.41. The van der Waals surface area contributed by atoms with Crippen LogP contribution in [0.2, 0.25) is 10.0 Å². The van der Waals surface area contributed by atoms with Crippen LogP contribution < -0.4 is 5.73 Å². The summed E-state index contributed by atoms with van der Waals surface area (Å²) in [7, 11) is 0. The molecule has 0 spiro atoms. The molecule has 1 atom stereocenters. The summed E-state index contributed by atoms with van der Waals surface area (Å²) in [5.74, 6) is 0.397. The second-order valence-corrected chi connectivity index (χ2v) is 6.44. The molecule has 1 aromatic carbocycles. The van der Waals surface area contributed by atoms with Crippen molar-refractivity contribution in [2.24, 2.45) is 0 Å². The lowest BCUT2D eigenvalue weighted by molar-refractivity contribution is 0.662. The molecule has 3 rings (SSSR count). The molecule has 7 heteroatoms. The van der Waals surface area contributed by atoms with Gasteiger partial charge in [0.05, 0.1) is 6.04 Å². The van der Waals surface area contributed by atoms with Crippen LogP contribution in [0.4, 0.5) is 5.95 Å². The zero-order valence-corrected chi connectivity index (χ0v) is 14.1. The normalized spacial score (nSPS) is 12.8. The maximum atomic E-state index is 6.28. The van der Waals surface area contributed by atoms with E-state index in [0.29, 0.717) is 21.6 Å². The second-order valence-electron chi connectivity index (χ2n) is 4.68. The van der Waals surface area contributed by atoms with Gasteiger partial charge in [0.15, 0.2) is 5.65 Å². The molecule has 0 saturated carbocycles. The van der Waals surface area contributed by atoms with E-state index in [9.17, 15) is 0 Å². The predicted molar refractivity (Wildman–Crippen MR) is 89.9 cm³/mol. The number of aromatic nitrogens is 3. The van der Waals surface area contributed by atoms with E-state index < -0.39 is 0 Å². The smallest absolute Gasteiger partial charge is 0.203 e. The monoisotopic (exact) mass is 384 g/mol. The summed E-state index contributed by atoms with van der Waals surface area (Å²) < 4.78 is 2.72. The highest BCUT2D eigenvalue weighted by Crippen LogP contribution is 2.32. The van der Waals surface area contributed by atoms with Crippen LogP contribution >= 0.6 is 39.1 Å². The van der Waals surface area contributed by atoms with E-state index in [1.54, 1.807) is 18.3 Å². The highest BCUT2D eigenvalue weighted by atomic mass is 79.9. The molecule has 3 aromatic rings. The summed E-state index contributed by atoms with van der Waals surface area (Å²) in [4.78, 5) is 8.75. The zero-order valence-electron chi connectivity index (χ0n) is 11.0. The molecule has 0 fully saturated rings. The number of hydrogen-bond donors (Lipinski definition) is 1. The lowest BCUT2D eigenvalue weighted by Crippen LogP contribution is -2.11. The molecule has 108 valence electrons. The Morgan fingerprint density at radius 3 is 2.76 bits per heavy atom. The van der Waals surface area contributed by atoms with Gasteiger partial charge in [0, 0.05) is 20.7 Å². The van der Waals surface area contributed by atoms with E-state index in [2.05, 4.69) is 25.9 Å². The van der Waals surface area contributed by atoms with E-state index in [0.717, 1.165) is 15.6 Å². The van der Waals surface area contributed by atoms with Gasteiger partial charge in [-0.25, -0.2) is 9.97 Å². The average molecular weight is 386 g/mol. The fourth-order valence-electron chi connectivity index (χ4n) is 2.34. The van der Waals surface area contributed by atoms with Crippen LogP contribution in [0.15, 0.2) is 34.9 Å². The zero-order chi connectivity index (χ0) is 15.1. The minimum atomic E-state index is -0.103. The summed E-state index contributed by atoms with van der Waals surface area (Å²) in [6, 6.07) is 7.19. The molecule has 0 saturated heterocycles. The first-order chi connectivity index (χ1) is 9.97. The van der Waals surface area contributed by atoms with Crippen molar-refractivity contribution in [2.75, 3.05) is 5.73 Å². The van der Waals surface area contributed by atoms with Crippen molar-refractivity contribution in [3.05, 3.63) is 50.5 Å². The Labute approximate surface area is 140 Å². The Bertz CT molecular complexity index is 831. The van der Waals surface area contributed by atoms with E-state index in [4.69, 9.17) is 28.9 Å². The van der Waals surface area contributed by atoms with Crippen molar-refractivity contribution in [1.29, 1.82) is 0 Å². The summed E-state index contributed by atoms with van der Waals surface area (Å²) in [6.45, 7) is 2.00. The number of nitrogens with two attached hydrogens (primary N) is 1. The van der Waals surface area contributed by atoms with Crippen LogP contribution in [0.3, 0.4) is 0 Å². The number of halogens is 3. The van der Waals surface area contributed by atoms with Gasteiger partial charge >= 0.3 is 0 Å². The van der Waals surface area contributed by atoms with Crippen LogP contribution in [0.1, 0.15) is 18.5 Å². The van der Waals surface area contributed by atoms with Crippen LogP contribution in [0.5, 0.6) is 0 Å². The molecule has 0 aliphatic heterocycles. The number of pyridine rings is 1. The van der Waals surface area contributed by atoms with Gasteiger partial charge in [0.25, 0.3) is 0 Å². The average Bonchev–Trinajstić information content (AvgIpc) is 2.73. The molecule has 2 aromatic heterocycles. The van der Waals surface area contributed by atoms with Crippen molar-refractivity contribution in [3.8, 4) is 0 Å². The van der Waals surface area contributed by atoms with Crippen molar-refractivity contribution in [3.63, 3.8) is 0 Å². The molecule has 0 aliphatic carbocycles. The number of fused-ring (bicyclic) bond motifs is 1. The van der Waals surface area contributed by atoms with Crippen molar-refractivity contribution in [1.82, 2.24) is 14.5 Å². The summed E-state index contributed by atoms with van der Waals surface area (Å²) >= 11 is 15.6. The largest absolute Gasteiger partial charge is 0.369 e. The van der Waals surface area contributed by atoms with Crippen molar-refractivity contribution >= 4 is 56.2 Å². The van der Waals surface area contributed by atoms with Gasteiger partial charge in [0.1, 0.15) is 5.52 Å². The number of nitrogen functional groups attached to an aromatic ring is 1. The number of benzene rings is 1. The number of hydrogen-bond acceptors (Lipinski definition) is 3. The molecule has 2 N–H and O–H groups in total. The highest BCUT2D eigenvalue weighted by Gasteiger charge is 2.19. The van der Waals surface area contributed by atoms with Gasteiger partial charge in [-0.2, -0.15) is 0 Å². The fourth-order valence-corrected chi connectivity index (χ4v) is 3.22. The maximum absolute atomic E-state index is 6.28. The summed E-state index contributed by atoms with van der Waals surface area (Å²) in [6.07, 6.45) is 1.72. The second kappa shape index (κ2) is 5.48. The van der Waals surface area contributed by atoms with Gasteiger partial charge in [0.2, 0.25) is 5.95 Å².